The van der Waals surface area contributed by atoms with E-state index in [1.165, 1.54) is 30.5 Å². The van der Waals surface area contributed by atoms with Crippen LogP contribution in [0.5, 0.6) is 0 Å². The van der Waals surface area contributed by atoms with Crippen LogP contribution < -0.4 is 21.6 Å². The van der Waals surface area contributed by atoms with Crippen molar-refractivity contribution in [3.63, 3.8) is 0 Å². The summed E-state index contributed by atoms with van der Waals surface area (Å²) in [5.74, 6) is -0.736. The van der Waals surface area contributed by atoms with Gasteiger partial charge in [0.2, 0.25) is 0 Å². The van der Waals surface area contributed by atoms with Crippen molar-refractivity contribution in [1.29, 1.82) is 10.5 Å². The van der Waals surface area contributed by atoms with Crippen molar-refractivity contribution >= 4 is 33.9 Å². The lowest BCUT2D eigenvalue weighted by Crippen LogP contribution is -2.43. The Morgan fingerprint density at radius 1 is 1.28 bits per heavy atom. The van der Waals surface area contributed by atoms with E-state index in [9.17, 15) is 11.9 Å². The lowest BCUT2D eigenvalue weighted by Gasteiger charge is -2.24. The minimum absolute atomic E-state index is 0.00653. The topological polar surface area (TPSA) is 112 Å². The van der Waals surface area contributed by atoms with Gasteiger partial charge in [0.15, 0.2) is 0 Å². The molecule has 5 rings (SSSR count). The molecule has 0 bridgehead atoms. The Labute approximate surface area is 235 Å². The van der Waals surface area contributed by atoms with Crippen molar-refractivity contribution in [3.8, 4) is 12.1 Å². The number of pyridine rings is 1. The number of aromatic nitrogens is 1. The van der Waals surface area contributed by atoms with Crippen molar-refractivity contribution in [3.05, 3.63) is 75.9 Å². The number of halogens is 2. The number of rotatable bonds is 7. The van der Waals surface area contributed by atoms with Crippen LogP contribution in [0.3, 0.4) is 0 Å². The highest BCUT2D eigenvalue weighted by molar-refractivity contribution is 6.31. The molecule has 200 valence electrons. The molecule has 1 aromatic heterocycles. The largest absolute Gasteiger partial charge is 0.383 e. The number of nitrogens with zero attached hydrogens (tertiary/aromatic N) is 4. The maximum Gasteiger partial charge on any atom is 0.130 e. The number of hydrogen-bond donors (Lipinski definition) is 4. The van der Waals surface area contributed by atoms with Gasteiger partial charge in [-0.25, -0.2) is 4.39 Å². The second kappa shape index (κ2) is 9.92. The Morgan fingerprint density at radius 3 is 2.67 bits per heavy atom. The molecular formula is C29H30ClFN8. The molecule has 0 amide bonds. The number of benzene rings is 2. The van der Waals surface area contributed by atoms with Gasteiger partial charge in [0.25, 0.3) is 0 Å². The predicted molar refractivity (Wildman–Crippen MR) is 151 cm³/mol. The molecule has 3 aromatic rings. The van der Waals surface area contributed by atoms with Crippen LogP contribution in [0.2, 0.25) is 5.02 Å². The molecular weight excluding hydrogens is 515 g/mol. The first-order valence-corrected chi connectivity index (χ1v) is 13.0. The van der Waals surface area contributed by atoms with Crippen molar-refractivity contribution in [1.82, 2.24) is 21.0 Å². The summed E-state index contributed by atoms with van der Waals surface area (Å²) in [6.45, 7) is 8.68. The number of hydrazine groups is 2. The maximum atomic E-state index is 15.4. The number of nitrogens with one attached hydrogen (secondary N) is 4. The van der Waals surface area contributed by atoms with Crippen molar-refractivity contribution in [2.75, 3.05) is 17.2 Å². The summed E-state index contributed by atoms with van der Waals surface area (Å²) >= 11 is 6.49. The fourth-order valence-corrected chi connectivity index (χ4v) is 4.55. The standard InChI is InChI=1S/C29H30ClFN8/c1-28(2,3)16-35-26-18(13-33)14-34-25-17(12-32)10-19(11-20(25)26)36-27(24-21(30)6-5-7-22(24)31)23-15-39(38-37-23)29(4)8-9-29/h5-7,10-11,14-15,27,36-38H,8-9,16H2,1-4H3,(H,34,35)/t27-/m0/s1/i15D,27D. The molecule has 39 heavy (non-hydrogen) atoms. The highest BCUT2D eigenvalue weighted by Crippen LogP contribution is 2.43. The summed E-state index contributed by atoms with van der Waals surface area (Å²) in [5.41, 5.74) is 6.93. The molecule has 8 nitrogen and oxygen atoms in total. The minimum atomic E-state index is -2.12. The zero-order chi connectivity index (χ0) is 29.7. The monoisotopic (exact) mass is 546 g/mol. The third-order valence-electron chi connectivity index (χ3n) is 6.77. The fourth-order valence-electron chi connectivity index (χ4n) is 4.29. The summed E-state index contributed by atoms with van der Waals surface area (Å²) in [4.78, 5) is 4.38. The number of hydrogen-bond acceptors (Lipinski definition) is 8. The third kappa shape index (κ3) is 5.29. The lowest BCUT2D eigenvalue weighted by molar-refractivity contribution is 0.190. The molecule has 1 saturated carbocycles. The van der Waals surface area contributed by atoms with Crippen LogP contribution in [0.1, 0.15) is 66.0 Å². The molecule has 1 fully saturated rings. The van der Waals surface area contributed by atoms with Crippen LogP contribution in [-0.4, -0.2) is 22.1 Å². The molecule has 0 radical (unpaired) electrons. The Morgan fingerprint density at radius 2 is 2.03 bits per heavy atom. The van der Waals surface area contributed by atoms with E-state index in [0.717, 1.165) is 12.8 Å². The Bertz CT molecular complexity index is 1650. The van der Waals surface area contributed by atoms with E-state index in [4.69, 9.17) is 13.0 Å². The van der Waals surface area contributed by atoms with E-state index in [0.29, 0.717) is 28.7 Å². The van der Waals surface area contributed by atoms with E-state index in [1.807, 2.05) is 6.92 Å². The average Bonchev–Trinajstić information content (AvgIpc) is 3.52. The Balaban J connectivity index is 1.71. The first-order valence-electron chi connectivity index (χ1n) is 13.6. The van der Waals surface area contributed by atoms with Crippen LogP contribution >= 0.6 is 11.6 Å². The Kier molecular flexibility index (Phi) is 6.11. The summed E-state index contributed by atoms with van der Waals surface area (Å²) < 4.78 is 34.0. The molecule has 1 aliphatic heterocycles. The van der Waals surface area contributed by atoms with Gasteiger partial charge < -0.3 is 16.1 Å². The average molecular weight is 547 g/mol. The first-order chi connectivity index (χ1) is 19.3. The maximum absolute atomic E-state index is 15.4. The van der Waals surface area contributed by atoms with Gasteiger partial charge in [0, 0.05) is 40.6 Å². The highest BCUT2D eigenvalue weighted by Gasteiger charge is 2.45. The molecule has 0 saturated heterocycles. The fraction of sp³-hybridized carbons (Fsp3) is 0.345. The molecule has 4 N–H and O–H groups in total. The van der Waals surface area contributed by atoms with Gasteiger partial charge in [-0.15, -0.1) is 5.53 Å². The normalized spacial score (nSPS) is 18.4. The number of fused-ring (bicyclic) bond motifs is 1. The summed E-state index contributed by atoms with van der Waals surface area (Å²) in [6.07, 6.45) is 3.10. The quantitative estimate of drug-likeness (QED) is 0.281. The van der Waals surface area contributed by atoms with E-state index in [-0.39, 0.29) is 44.7 Å². The van der Waals surface area contributed by atoms with Crippen molar-refractivity contribution < 1.29 is 7.13 Å². The van der Waals surface area contributed by atoms with Gasteiger partial charge in [0.1, 0.15) is 18.0 Å². The van der Waals surface area contributed by atoms with Crippen LogP contribution in [-0.2, 0) is 0 Å². The summed E-state index contributed by atoms with van der Waals surface area (Å²) in [6, 6.07) is 9.50. The van der Waals surface area contributed by atoms with E-state index >= 15 is 4.39 Å². The molecule has 10 heteroatoms. The molecule has 2 heterocycles. The minimum Gasteiger partial charge on any atom is -0.383 e. The smallest absolute Gasteiger partial charge is 0.130 e. The van der Waals surface area contributed by atoms with E-state index in [2.05, 4.69) is 59.5 Å². The van der Waals surface area contributed by atoms with Crippen LogP contribution in [0.25, 0.3) is 10.9 Å². The van der Waals surface area contributed by atoms with Gasteiger partial charge in [-0.3, -0.25) is 9.99 Å². The van der Waals surface area contributed by atoms with Gasteiger partial charge >= 0.3 is 0 Å². The predicted octanol–water partition coefficient (Wildman–Crippen LogP) is 6.10. The molecule has 0 unspecified atom stereocenters. The number of nitriles is 2. The van der Waals surface area contributed by atoms with Gasteiger partial charge in [-0.1, -0.05) is 38.4 Å². The van der Waals surface area contributed by atoms with Gasteiger partial charge in [-0.2, -0.15) is 10.5 Å². The van der Waals surface area contributed by atoms with Crippen molar-refractivity contribution in [2.24, 2.45) is 5.41 Å². The van der Waals surface area contributed by atoms with Gasteiger partial charge in [0.05, 0.1) is 42.3 Å². The van der Waals surface area contributed by atoms with Crippen molar-refractivity contribution in [2.45, 2.75) is 52.1 Å². The van der Waals surface area contributed by atoms with Crippen LogP contribution in [0, 0.1) is 33.9 Å². The summed E-state index contributed by atoms with van der Waals surface area (Å²) in [5, 5.41) is 28.4. The highest BCUT2D eigenvalue weighted by atomic mass is 35.5. The molecule has 1 aliphatic carbocycles. The summed E-state index contributed by atoms with van der Waals surface area (Å²) in [7, 11) is 0. The molecule has 2 aromatic carbocycles. The second-order valence-corrected chi connectivity index (χ2v) is 11.7. The molecule has 0 spiro atoms. The number of anilines is 2. The molecule has 2 aliphatic rings. The third-order valence-corrected chi connectivity index (χ3v) is 7.08. The molecule has 1 atom stereocenters. The zero-order valence-electron chi connectivity index (χ0n) is 24.1. The first kappa shape index (κ1) is 24.0. The van der Waals surface area contributed by atoms with Crippen LogP contribution in [0.15, 0.2) is 48.4 Å². The Hall–Kier alpha value is -4.05. The van der Waals surface area contributed by atoms with Crippen LogP contribution in [0.4, 0.5) is 15.8 Å². The SMILES string of the molecule is [2H]C1=C([C@]([2H])(Nc2cc(C#N)c3ncc(C#N)c(NCC(C)(C)C)c3c2)c2c(F)cccc2Cl)NNN1C1(C)CC1. The van der Waals surface area contributed by atoms with E-state index in [1.54, 1.807) is 11.1 Å². The lowest BCUT2D eigenvalue weighted by atomic mass is 9.96. The zero-order valence-corrected chi connectivity index (χ0v) is 22.9. The van der Waals surface area contributed by atoms with Gasteiger partial charge in [-0.05, 0) is 49.4 Å². The second-order valence-electron chi connectivity index (χ2n) is 11.3. The van der Waals surface area contributed by atoms with E-state index < -0.39 is 11.8 Å².